The zero-order valence-electron chi connectivity index (χ0n) is 34.0. The third-order valence-corrected chi connectivity index (χ3v) is 12.1. The van der Waals surface area contributed by atoms with Crippen molar-refractivity contribution < 1.29 is 24.2 Å². The van der Waals surface area contributed by atoms with Crippen molar-refractivity contribution in [1.82, 2.24) is 24.1 Å². The minimum Gasteiger partial charge on any atom is -0.496 e. The molecule has 0 unspecified atom stereocenters. The van der Waals surface area contributed by atoms with Gasteiger partial charge in [-0.15, -0.1) is 0 Å². The maximum atomic E-state index is 15.5. The number of carboxylic acid groups (broad SMARTS) is 1. The lowest BCUT2D eigenvalue weighted by atomic mass is 9.97. The number of aromatic nitrogens is 5. The number of amides is 1. The number of fused-ring (bicyclic) bond motifs is 4. The van der Waals surface area contributed by atoms with E-state index in [2.05, 4.69) is 16.5 Å². The molecule has 3 aromatic carbocycles. The number of nitrogens with zero attached hydrogens (tertiary/aromatic N) is 6. The van der Waals surface area contributed by atoms with Gasteiger partial charge in [0.1, 0.15) is 28.7 Å². The van der Waals surface area contributed by atoms with Crippen LogP contribution in [0.4, 0.5) is 5.69 Å². The summed E-state index contributed by atoms with van der Waals surface area (Å²) >= 11 is 13.6. The quantitative estimate of drug-likeness (QED) is 0.128. The molecule has 0 saturated heterocycles. The van der Waals surface area contributed by atoms with Gasteiger partial charge in [0.2, 0.25) is 0 Å². The summed E-state index contributed by atoms with van der Waals surface area (Å²) in [6.45, 7) is 12.7. The van der Waals surface area contributed by atoms with E-state index in [0.29, 0.717) is 70.6 Å². The Bertz CT molecular complexity index is 2790. The molecule has 4 aromatic heterocycles. The standard InChI is InChI=1S/C46H44Cl2N6O5/c1-24-19-31(20-25(2)41(24)48)59-18-10-12-32-33-13-14-35(47)40(39-27(4)50-29(6)51-28(39)5)43(33)54-26(3)22-53(45(55)44(32)54)36-15-16-38(58-7)34-21-37(46(56)57)52(42(34)36)23-30-11-8-9-17-49-30/h8-9,11,13-17,19-21,26H,10,12,18,22-23H2,1-7H3,(H,56,57)/t26-/m1/s1. The molecule has 11 nitrogen and oxygen atoms in total. The van der Waals surface area contributed by atoms with Gasteiger partial charge < -0.3 is 28.6 Å². The number of hydrogen-bond acceptors (Lipinski definition) is 7. The Hall–Kier alpha value is -5.91. The lowest BCUT2D eigenvalue weighted by molar-refractivity contribution is 0.0686. The molecule has 1 aliphatic rings. The molecule has 59 heavy (non-hydrogen) atoms. The van der Waals surface area contributed by atoms with Crippen LogP contribution in [-0.2, 0) is 13.0 Å². The number of halogens is 2. The molecule has 0 radical (unpaired) electrons. The van der Waals surface area contributed by atoms with Gasteiger partial charge in [-0.25, -0.2) is 14.8 Å². The van der Waals surface area contributed by atoms with Crippen LogP contribution in [0.15, 0.2) is 66.9 Å². The maximum Gasteiger partial charge on any atom is 0.352 e. The fourth-order valence-electron chi connectivity index (χ4n) is 8.77. The molecule has 0 spiro atoms. The number of carbonyl (C=O) groups excluding carboxylic acids is 1. The van der Waals surface area contributed by atoms with Gasteiger partial charge >= 0.3 is 5.97 Å². The SMILES string of the molecule is COc1ccc(N2C[C@@H](C)n3c(c(CCCOc4cc(C)c(Cl)c(C)c4)c4ccc(Cl)c(-c5c(C)nc(C)nc5C)c43)C2=O)c2c1cc(C(=O)O)n2Cc1ccccn1. The smallest absolute Gasteiger partial charge is 0.352 e. The first-order valence-corrected chi connectivity index (χ1v) is 20.3. The molecular weight excluding hydrogens is 787 g/mol. The largest absolute Gasteiger partial charge is 0.496 e. The second-order valence-corrected chi connectivity index (χ2v) is 16.0. The summed E-state index contributed by atoms with van der Waals surface area (Å²) < 4.78 is 15.9. The van der Waals surface area contributed by atoms with Crippen molar-refractivity contribution in [2.24, 2.45) is 0 Å². The van der Waals surface area contributed by atoms with Crippen LogP contribution in [0.25, 0.3) is 32.9 Å². The average molecular weight is 832 g/mol. The van der Waals surface area contributed by atoms with Crippen molar-refractivity contribution >= 4 is 62.6 Å². The minimum absolute atomic E-state index is 0.0557. The highest BCUT2D eigenvalue weighted by Crippen LogP contribution is 2.46. The van der Waals surface area contributed by atoms with Crippen LogP contribution in [-0.4, -0.2) is 61.3 Å². The van der Waals surface area contributed by atoms with Crippen molar-refractivity contribution in [1.29, 1.82) is 0 Å². The van der Waals surface area contributed by atoms with Crippen molar-refractivity contribution in [2.45, 2.75) is 67.0 Å². The summed E-state index contributed by atoms with van der Waals surface area (Å²) in [4.78, 5) is 44.0. The van der Waals surface area contributed by atoms with Crippen LogP contribution < -0.4 is 14.4 Å². The Morgan fingerprint density at radius 1 is 0.915 bits per heavy atom. The van der Waals surface area contributed by atoms with E-state index in [1.54, 1.807) is 34.9 Å². The molecule has 7 aromatic rings. The van der Waals surface area contributed by atoms with Gasteiger partial charge in [-0.1, -0.05) is 35.3 Å². The predicted octanol–water partition coefficient (Wildman–Crippen LogP) is 10.3. The molecule has 8 rings (SSSR count). The van der Waals surface area contributed by atoms with E-state index in [1.807, 2.05) is 83.1 Å². The van der Waals surface area contributed by atoms with Crippen molar-refractivity contribution in [3.63, 3.8) is 0 Å². The average Bonchev–Trinajstić information content (AvgIpc) is 3.74. The number of carboxylic acids is 1. The van der Waals surface area contributed by atoms with Gasteiger partial charge in [-0.3, -0.25) is 9.78 Å². The highest BCUT2D eigenvalue weighted by molar-refractivity contribution is 6.35. The molecule has 13 heteroatoms. The molecule has 302 valence electrons. The number of aryl methyl sites for hydroxylation is 6. The number of methoxy groups -OCH3 is 1. The minimum atomic E-state index is -1.10. The van der Waals surface area contributed by atoms with Crippen LogP contribution in [0.3, 0.4) is 0 Å². The molecular formula is C46H44Cl2N6O5. The molecule has 1 N–H and O–H groups in total. The Morgan fingerprint density at radius 3 is 2.31 bits per heavy atom. The summed E-state index contributed by atoms with van der Waals surface area (Å²) in [5, 5.41) is 13.2. The van der Waals surface area contributed by atoms with E-state index < -0.39 is 5.97 Å². The van der Waals surface area contributed by atoms with Crippen LogP contribution in [0.5, 0.6) is 11.5 Å². The zero-order valence-corrected chi connectivity index (χ0v) is 35.5. The zero-order chi connectivity index (χ0) is 41.9. The highest BCUT2D eigenvalue weighted by atomic mass is 35.5. The Labute approximate surface area is 352 Å². The van der Waals surface area contributed by atoms with Crippen LogP contribution in [0.2, 0.25) is 10.0 Å². The fourth-order valence-corrected chi connectivity index (χ4v) is 9.13. The number of aromatic carboxylic acids is 1. The summed E-state index contributed by atoms with van der Waals surface area (Å²) in [5.74, 6) is 0.576. The molecule has 5 heterocycles. The number of hydrogen-bond donors (Lipinski definition) is 1. The molecule has 0 bridgehead atoms. The number of ether oxygens (including phenoxy) is 2. The van der Waals surface area contributed by atoms with E-state index in [1.165, 1.54) is 0 Å². The number of rotatable bonds is 11. The molecule has 0 fully saturated rings. The first-order chi connectivity index (χ1) is 28.3. The van der Waals surface area contributed by atoms with Gasteiger partial charge in [-0.05, 0) is 120 Å². The Morgan fingerprint density at radius 2 is 1.64 bits per heavy atom. The monoisotopic (exact) mass is 830 g/mol. The number of benzene rings is 3. The predicted molar refractivity (Wildman–Crippen MR) is 232 cm³/mol. The number of pyridine rings is 1. The van der Waals surface area contributed by atoms with Crippen LogP contribution in [0, 0.1) is 34.6 Å². The first-order valence-electron chi connectivity index (χ1n) is 19.5. The normalized spacial score (nSPS) is 14.0. The molecule has 0 aliphatic carbocycles. The Balaban J connectivity index is 1.31. The van der Waals surface area contributed by atoms with Gasteiger partial charge in [0.05, 0.1) is 47.7 Å². The highest BCUT2D eigenvalue weighted by Gasteiger charge is 2.38. The number of carbonyl (C=O) groups is 2. The second kappa shape index (κ2) is 15.7. The third-order valence-electron chi connectivity index (χ3n) is 11.2. The van der Waals surface area contributed by atoms with E-state index in [9.17, 15) is 9.90 Å². The van der Waals surface area contributed by atoms with E-state index >= 15 is 4.79 Å². The van der Waals surface area contributed by atoms with Gasteiger partial charge in [0.15, 0.2) is 0 Å². The van der Waals surface area contributed by atoms with E-state index in [0.717, 1.165) is 60.9 Å². The second-order valence-electron chi connectivity index (χ2n) is 15.2. The maximum absolute atomic E-state index is 15.5. The molecule has 0 saturated carbocycles. The molecule has 1 atom stereocenters. The van der Waals surface area contributed by atoms with Gasteiger partial charge in [-0.2, -0.15) is 0 Å². The first kappa shape index (κ1) is 39.9. The summed E-state index contributed by atoms with van der Waals surface area (Å²) in [7, 11) is 1.55. The van der Waals surface area contributed by atoms with Crippen molar-refractivity contribution in [2.75, 3.05) is 25.2 Å². The molecule has 1 amide bonds. The van der Waals surface area contributed by atoms with Crippen molar-refractivity contribution in [3.05, 3.63) is 128 Å². The summed E-state index contributed by atoms with van der Waals surface area (Å²) in [6, 6.07) is 18.3. The summed E-state index contributed by atoms with van der Waals surface area (Å²) in [5.41, 5.74) is 9.20. The van der Waals surface area contributed by atoms with Crippen LogP contribution in [0.1, 0.15) is 80.0 Å². The van der Waals surface area contributed by atoms with Gasteiger partial charge in [0, 0.05) is 57.1 Å². The fraction of sp³-hybridized carbons (Fsp3) is 0.283. The van der Waals surface area contributed by atoms with Crippen molar-refractivity contribution in [3.8, 4) is 22.6 Å². The topological polar surface area (TPSA) is 125 Å². The van der Waals surface area contributed by atoms with Gasteiger partial charge in [0.25, 0.3) is 5.91 Å². The third kappa shape index (κ3) is 6.95. The molecule has 1 aliphatic heterocycles. The van der Waals surface area contributed by atoms with E-state index in [-0.39, 0.29) is 24.2 Å². The number of anilines is 1. The summed E-state index contributed by atoms with van der Waals surface area (Å²) in [6.07, 6.45) is 2.81. The Kier molecular flexibility index (Phi) is 10.6. The van der Waals surface area contributed by atoms with E-state index in [4.69, 9.17) is 42.6 Å². The lowest BCUT2D eigenvalue weighted by Gasteiger charge is -2.35. The lowest BCUT2D eigenvalue weighted by Crippen LogP contribution is -2.43. The van der Waals surface area contributed by atoms with Crippen LogP contribution >= 0.6 is 23.2 Å².